The summed E-state index contributed by atoms with van der Waals surface area (Å²) in [4.78, 5) is 15.5. The number of aromatic nitrogens is 4. The molecule has 6 nitrogen and oxygen atoms in total. The normalized spacial score (nSPS) is 11.8. The van der Waals surface area contributed by atoms with Crippen LogP contribution in [0.3, 0.4) is 0 Å². The summed E-state index contributed by atoms with van der Waals surface area (Å²) >= 11 is 0. The lowest BCUT2D eigenvalue weighted by molar-refractivity contribution is 0.669. The van der Waals surface area contributed by atoms with Gasteiger partial charge in [0.05, 0.1) is 16.6 Å². The van der Waals surface area contributed by atoms with Crippen LogP contribution < -0.4 is 0 Å². The number of hydrogen-bond donors (Lipinski definition) is 0. The van der Waals surface area contributed by atoms with Crippen LogP contribution in [-0.2, 0) is 0 Å². The molecule has 0 aliphatic rings. The van der Waals surface area contributed by atoms with E-state index in [9.17, 15) is 0 Å². The molecule has 53 heavy (non-hydrogen) atoms. The van der Waals surface area contributed by atoms with Gasteiger partial charge in [-0.1, -0.05) is 115 Å². The highest BCUT2D eigenvalue weighted by Crippen LogP contribution is 2.39. The maximum absolute atomic E-state index is 6.47. The first-order chi connectivity index (χ1) is 26.3. The predicted molar refractivity (Wildman–Crippen MR) is 213 cm³/mol. The maximum Gasteiger partial charge on any atom is 0.167 e. The summed E-state index contributed by atoms with van der Waals surface area (Å²) in [6.45, 7) is 0. The molecule has 0 saturated carbocycles. The molecule has 4 heterocycles. The monoisotopic (exact) mass is 680 g/mol. The van der Waals surface area contributed by atoms with Gasteiger partial charge in [0.25, 0.3) is 0 Å². The Labute approximate surface area is 303 Å². The molecule has 0 saturated heterocycles. The molecule has 6 heteroatoms. The highest BCUT2D eigenvalue weighted by atomic mass is 16.3. The van der Waals surface area contributed by atoms with Crippen molar-refractivity contribution in [1.29, 1.82) is 0 Å². The van der Waals surface area contributed by atoms with Gasteiger partial charge in [-0.25, -0.2) is 15.0 Å². The summed E-state index contributed by atoms with van der Waals surface area (Å²) < 4.78 is 15.2. The minimum absolute atomic E-state index is 0.522. The molecule has 0 unspecified atom stereocenters. The second-order valence-electron chi connectivity index (χ2n) is 13.2. The zero-order valence-electron chi connectivity index (χ0n) is 28.3. The minimum Gasteiger partial charge on any atom is -0.455 e. The van der Waals surface area contributed by atoms with Crippen LogP contribution in [0, 0.1) is 0 Å². The van der Waals surface area contributed by atoms with Crippen molar-refractivity contribution in [3.8, 4) is 51.0 Å². The van der Waals surface area contributed by atoms with Crippen LogP contribution in [0.1, 0.15) is 0 Å². The molecule has 0 spiro atoms. The Bertz CT molecular complexity index is 3060. The summed E-state index contributed by atoms with van der Waals surface area (Å²) in [7, 11) is 0. The van der Waals surface area contributed by atoms with Crippen LogP contribution in [-0.4, -0.2) is 19.5 Å². The van der Waals surface area contributed by atoms with Crippen molar-refractivity contribution in [2.45, 2.75) is 0 Å². The van der Waals surface area contributed by atoms with Gasteiger partial charge in [0.15, 0.2) is 17.5 Å². The zero-order chi connectivity index (χ0) is 34.9. The molecule has 0 radical (unpaired) electrons. The van der Waals surface area contributed by atoms with Crippen molar-refractivity contribution in [3.63, 3.8) is 0 Å². The van der Waals surface area contributed by atoms with Gasteiger partial charge in [0.2, 0.25) is 0 Å². The smallest absolute Gasteiger partial charge is 0.167 e. The van der Waals surface area contributed by atoms with Crippen LogP contribution in [0.25, 0.3) is 106 Å². The standard InChI is InChI=1S/C47H28N4O2/c1-2-15-31(16-3-1)51-28-39(32-17-4-7-24-40(32)51)29-13-10-14-30(27-29)45-48-46(37-22-11-20-35-33-18-5-8-25-41(33)52-43(35)37)50-47(49-45)38-23-12-21-36-34-19-6-9-26-42(34)53-44(36)38/h1-28H. The number of para-hydroxylation sites is 6. The van der Waals surface area contributed by atoms with Gasteiger partial charge in [0, 0.05) is 49.9 Å². The summed E-state index contributed by atoms with van der Waals surface area (Å²) in [5, 5.41) is 5.29. The number of furan rings is 2. The van der Waals surface area contributed by atoms with Gasteiger partial charge in [-0.05, 0) is 54.1 Å². The number of benzene rings is 7. The maximum atomic E-state index is 6.47. The fourth-order valence-electron chi connectivity index (χ4n) is 7.63. The second-order valence-corrected chi connectivity index (χ2v) is 13.2. The summed E-state index contributed by atoms with van der Waals surface area (Å²) in [6.07, 6.45) is 2.22. The van der Waals surface area contributed by atoms with Crippen molar-refractivity contribution in [2.75, 3.05) is 0 Å². The lowest BCUT2D eigenvalue weighted by Crippen LogP contribution is -2.00. The van der Waals surface area contributed by atoms with Crippen molar-refractivity contribution in [3.05, 3.63) is 170 Å². The number of rotatable bonds is 5. The average Bonchev–Trinajstić information content (AvgIpc) is 3.93. The van der Waals surface area contributed by atoms with E-state index in [1.54, 1.807) is 0 Å². The fraction of sp³-hybridized carbons (Fsp3) is 0. The first-order valence-electron chi connectivity index (χ1n) is 17.6. The van der Waals surface area contributed by atoms with Gasteiger partial charge in [0.1, 0.15) is 22.3 Å². The third kappa shape index (κ3) is 4.70. The van der Waals surface area contributed by atoms with Crippen molar-refractivity contribution >= 4 is 54.8 Å². The Hall–Kier alpha value is -7.31. The third-order valence-corrected chi connectivity index (χ3v) is 10.1. The van der Waals surface area contributed by atoms with E-state index < -0.39 is 0 Å². The van der Waals surface area contributed by atoms with E-state index in [1.165, 1.54) is 5.39 Å². The molecule has 0 bridgehead atoms. The number of fused-ring (bicyclic) bond motifs is 7. The van der Waals surface area contributed by atoms with E-state index in [0.717, 1.165) is 82.9 Å². The molecule has 4 aromatic heterocycles. The summed E-state index contributed by atoms with van der Waals surface area (Å²) in [5.74, 6) is 1.60. The zero-order valence-corrected chi connectivity index (χ0v) is 28.3. The number of hydrogen-bond acceptors (Lipinski definition) is 5. The summed E-state index contributed by atoms with van der Waals surface area (Å²) in [5.41, 5.74) is 10.0. The summed E-state index contributed by atoms with van der Waals surface area (Å²) in [6, 6.07) is 55.9. The van der Waals surface area contributed by atoms with Crippen LogP contribution >= 0.6 is 0 Å². The van der Waals surface area contributed by atoms with Crippen LogP contribution in [0.15, 0.2) is 179 Å². The second kappa shape index (κ2) is 11.6. The average molecular weight is 681 g/mol. The lowest BCUT2D eigenvalue weighted by Gasteiger charge is -2.10. The highest BCUT2D eigenvalue weighted by molar-refractivity contribution is 6.10. The molecule has 0 aliphatic heterocycles. The Morgan fingerprint density at radius 3 is 1.55 bits per heavy atom. The fourth-order valence-corrected chi connectivity index (χ4v) is 7.63. The van der Waals surface area contributed by atoms with Gasteiger partial charge in [-0.15, -0.1) is 0 Å². The molecule has 11 rings (SSSR count). The Balaban J connectivity index is 1.14. The van der Waals surface area contributed by atoms with Gasteiger partial charge in [-0.3, -0.25) is 0 Å². The Morgan fingerprint density at radius 2 is 0.887 bits per heavy atom. The molecule has 0 aliphatic carbocycles. The van der Waals surface area contributed by atoms with E-state index in [2.05, 4.69) is 108 Å². The van der Waals surface area contributed by atoms with E-state index >= 15 is 0 Å². The quantitative estimate of drug-likeness (QED) is 0.181. The van der Waals surface area contributed by atoms with Crippen LogP contribution in [0.4, 0.5) is 0 Å². The topological polar surface area (TPSA) is 69.9 Å². The Kier molecular flexibility index (Phi) is 6.45. The molecular formula is C47H28N4O2. The van der Waals surface area contributed by atoms with Gasteiger partial charge < -0.3 is 13.4 Å². The van der Waals surface area contributed by atoms with Crippen molar-refractivity contribution in [1.82, 2.24) is 19.5 Å². The van der Waals surface area contributed by atoms with E-state index in [0.29, 0.717) is 17.5 Å². The molecule has 7 aromatic carbocycles. The highest BCUT2D eigenvalue weighted by Gasteiger charge is 2.21. The molecule has 0 fully saturated rings. The number of nitrogens with zero attached hydrogens (tertiary/aromatic N) is 4. The van der Waals surface area contributed by atoms with Crippen molar-refractivity contribution in [2.24, 2.45) is 0 Å². The third-order valence-electron chi connectivity index (χ3n) is 10.1. The van der Waals surface area contributed by atoms with Gasteiger partial charge >= 0.3 is 0 Å². The van der Waals surface area contributed by atoms with Crippen molar-refractivity contribution < 1.29 is 8.83 Å². The predicted octanol–water partition coefficient (Wildman–Crippen LogP) is 12.3. The minimum atomic E-state index is 0.522. The molecule has 0 N–H and O–H groups in total. The lowest BCUT2D eigenvalue weighted by atomic mass is 10.0. The SMILES string of the molecule is c1ccc(-n2cc(-c3cccc(-c4nc(-c5cccc6c5oc5ccccc56)nc(-c5cccc6c5oc5ccccc56)n4)c3)c3ccccc32)cc1. The van der Waals surface area contributed by atoms with Crippen LogP contribution in [0.5, 0.6) is 0 Å². The first-order valence-corrected chi connectivity index (χ1v) is 17.6. The van der Waals surface area contributed by atoms with Gasteiger partial charge in [-0.2, -0.15) is 0 Å². The Morgan fingerprint density at radius 1 is 0.377 bits per heavy atom. The van der Waals surface area contributed by atoms with E-state index in [4.69, 9.17) is 23.8 Å². The molecule has 248 valence electrons. The van der Waals surface area contributed by atoms with E-state index in [1.807, 2.05) is 66.7 Å². The molecular weight excluding hydrogens is 653 g/mol. The van der Waals surface area contributed by atoms with E-state index in [-0.39, 0.29) is 0 Å². The molecule has 0 atom stereocenters. The van der Waals surface area contributed by atoms with Crippen LogP contribution in [0.2, 0.25) is 0 Å². The molecule has 11 aromatic rings. The first kappa shape index (κ1) is 29.4. The molecule has 0 amide bonds. The largest absolute Gasteiger partial charge is 0.455 e.